The van der Waals surface area contributed by atoms with Crippen molar-refractivity contribution in [2.24, 2.45) is 0 Å². The van der Waals surface area contributed by atoms with Crippen molar-refractivity contribution in [3.63, 3.8) is 0 Å². The third kappa shape index (κ3) is 3.62. The maximum atomic E-state index is 12.5. The van der Waals surface area contributed by atoms with Gasteiger partial charge < -0.3 is 15.1 Å². The summed E-state index contributed by atoms with van der Waals surface area (Å²) in [7, 11) is 0. The zero-order valence-electron chi connectivity index (χ0n) is 15.6. The number of pyridine rings is 1. The predicted octanol–water partition coefficient (Wildman–Crippen LogP) is 3.71. The molecule has 2 fully saturated rings. The first-order valence-electron chi connectivity index (χ1n) is 9.87. The fraction of sp³-hybridized carbons (Fsp3) is 0.524. The van der Waals surface area contributed by atoms with Gasteiger partial charge in [0.1, 0.15) is 5.82 Å². The van der Waals surface area contributed by atoms with Crippen LogP contribution in [0.3, 0.4) is 0 Å². The van der Waals surface area contributed by atoms with Crippen molar-refractivity contribution in [1.29, 1.82) is 0 Å². The summed E-state index contributed by atoms with van der Waals surface area (Å²) in [5.74, 6) is 1.05. The van der Waals surface area contributed by atoms with E-state index in [4.69, 9.17) is 4.98 Å². The van der Waals surface area contributed by atoms with Crippen LogP contribution in [0, 0.1) is 6.92 Å². The van der Waals surface area contributed by atoms with E-state index in [-0.39, 0.29) is 6.03 Å². The van der Waals surface area contributed by atoms with Crippen molar-refractivity contribution >= 4 is 22.8 Å². The van der Waals surface area contributed by atoms with E-state index in [0.717, 1.165) is 50.4 Å². The molecule has 0 bridgehead atoms. The fourth-order valence-electron chi connectivity index (χ4n) is 4.17. The van der Waals surface area contributed by atoms with E-state index >= 15 is 0 Å². The first kappa shape index (κ1) is 17.1. The van der Waals surface area contributed by atoms with Crippen molar-refractivity contribution in [2.45, 2.75) is 45.1 Å². The Morgan fingerprint density at radius 3 is 2.58 bits per heavy atom. The van der Waals surface area contributed by atoms with E-state index in [1.54, 1.807) is 0 Å². The highest BCUT2D eigenvalue weighted by atomic mass is 16.2. The van der Waals surface area contributed by atoms with Gasteiger partial charge in [0, 0.05) is 37.6 Å². The van der Waals surface area contributed by atoms with E-state index in [1.807, 2.05) is 17.0 Å². The van der Waals surface area contributed by atoms with Gasteiger partial charge in [-0.1, -0.05) is 37.5 Å². The summed E-state index contributed by atoms with van der Waals surface area (Å²) in [5, 5.41) is 4.41. The van der Waals surface area contributed by atoms with Crippen molar-refractivity contribution in [3.8, 4) is 0 Å². The van der Waals surface area contributed by atoms with Crippen LogP contribution in [-0.2, 0) is 0 Å². The third-order valence-electron chi connectivity index (χ3n) is 5.69. The minimum Gasteiger partial charge on any atom is -0.353 e. The molecule has 1 aromatic carbocycles. The number of hydrogen-bond donors (Lipinski definition) is 1. The van der Waals surface area contributed by atoms with Crippen LogP contribution in [0.2, 0.25) is 0 Å². The lowest BCUT2D eigenvalue weighted by Gasteiger charge is -2.37. The number of aryl methyl sites for hydroxylation is 1. The second kappa shape index (κ2) is 7.52. The van der Waals surface area contributed by atoms with Crippen molar-refractivity contribution in [1.82, 2.24) is 15.2 Å². The molecule has 5 nitrogen and oxygen atoms in total. The Kier molecular flexibility index (Phi) is 4.96. The van der Waals surface area contributed by atoms with Gasteiger partial charge in [-0.25, -0.2) is 9.78 Å². The number of hydrogen-bond acceptors (Lipinski definition) is 3. The first-order valence-corrected chi connectivity index (χ1v) is 9.87. The normalized spacial score (nSPS) is 19.0. The number of rotatable bonds is 2. The molecule has 5 heteroatoms. The lowest BCUT2D eigenvalue weighted by Crippen LogP contribution is -2.54. The van der Waals surface area contributed by atoms with Crippen LogP contribution in [-0.4, -0.2) is 48.1 Å². The number of anilines is 1. The van der Waals surface area contributed by atoms with Crippen LogP contribution in [0.4, 0.5) is 10.6 Å². The highest BCUT2D eigenvalue weighted by Crippen LogP contribution is 2.24. The molecule has 0 unspecified atom stereocenters. The fourth-order valence-corrected chi connectivity index (χ4v) is 4.17. The zero-order chi connectivity index (χ0) is 17.9. The number of para-hydroxylation sites is 1. The number of nitrogens with zero attached hydrogens (tertiary/aromatic N) is 3. The largest absolute Gasteiger partial charge is 0.353 e. The maximum Gasteiger partial charge on any atom is 0.317 e. The van der Waals surface area contributed by atoms with Gasteiger partial charge in [-0.3, -0.25) is 0 Å². The molecule has 0 radical (unpaired) electrons. The Labute approximate surface area is 155 Å². The summed E-state index contributed by atoms with van der Waals surface area (Å²) in [6, 6.07) is 10.9. The van der Waals surface area contributed by atoms with Gasteiger partial charge in [-0.05, 0) is 37.5 Å². The van der Waals surface area contributed by atoms with Gasteiger partial charge in [0.2, 0.25) is 0 Å². The minimum absolute atomic E-state index is 0.111. The smallest absolute Gasteiger partial charge is 0.317 e. The van der Waals surface area contributed by atoms with Crippen molar-refractivity contribution < 1.29 is 4.79 Å². The third-order valence-corrected chi connectivity index (χ3v) is 5.69. The molecule has 1 saturated heterocycles. The van der Waals surface area contributed by atoms with Crippen LogP contribution in [0.25, 0.3) is 10.9 Å². The number of amides is 2. The molecular weight excluding hydrogens is 324 g/mol. The Balaban J connectivity index is 1.38. The quantitative estimate of drug-likeness (QED) is 0.896. The van der Waals surface area contributed by atoms with Crippen LogP contribution in [0.5, 0.6) is 0 Å². The first-order chi connectivity index (χ1) is 12.7. The van der Waals surface area contributed by atoms with Crippen LogP contribution in [0.1, 0.15) is 37.7 Å². The lowest BCUT2D eigenvalue weighted by molar-refractivity contribution is 0.186. The van der Waals surface area contributed by atoms with E-state index in [2.05, 4.69) is 35.3 Å². The summed E-state index contributed by atoms with van der Waals surface area (Å²) in [6.45, 7) is 5.31. The molecule has 1 N–H and O–H groups in total. The maximum absolute atomic E-state index is 12.5. The Bertz CT molecular complexity index is 777. The second-order valence-corrected chi connectivity index (χ2v) is 7.58. The number of piperazine rings is 1. The number of fused-ring (bicyclic) bond motifs is 1. The molecule has 1 aliphatic carbocycles. The number of carbonyl (C=O) groups is 1. The van der Waals surface area contributed by atoms with E-state index in [1.165, 1.54) is 30.2 Å². The molecule has 1 aliphatic heterocycles. The molecule has 2 aromatic rings. The van der Waals surface area contributed by atoms with Crippen molar-refractivity contribution in [3.05, 3.63) is 35.9 Å². The highest BCUT2D eigenvalue weighted by molar-refractivity contribution is 5.82. The molecule has 0 atom stereocenters. The highest BCUT2D eigenvalue weighted by Gasteiger charge is 2.25. The van der Waals surface area contributed by atoms with E-state index in [0.29, 0.717) is 6.04 Å². The number of carbonyl (C=O) groups excluding carboxylic acids is 1. The molecule has 26 heavy (non-hydrogen) atoms. The average Bonchev–Trinajstić information content (AvgIpc) is 2.68. The van der Waals surface area contributed by atoms with Crippen LogP contribution >= 0.6 is 0 Å². The van der Waals surface area contributed by atoms with Crippen molar-refractivity contribution in [2.75, 3.05) is 31.1 Å². The molecule has 138 valence electrons. The number of aromatic nitrogens is 1. The number of nitrogens with one attached hydrogen (secondary N) is 1. The van der Waals surface area contributed by atoms with Gasteiger partial charge in [0.15, 0.2) is 0 Å². The van der Waals surface area contributed by atoms with Gasteiger partial charge in [0.25, 0.3) is 0 Å². The van der Waals surface area contributed by atoms with Crippen LogP contribution in [0.15, 0.2) is 30.3 Å². The van der Waals surface area contributed by atoms with E-state index < -0.39 is 0 Å². The summed E-state index contributed by atoms with van der Waals surface area (Å²) in [6.07, 6.45) is 6.05. The van der Waals surface area contributed by atoms with E-state index in [9.17, 15) is 4.79 Å². The average molecular weight is 352 g/mol. The van der Waals surface area contributed by atoms with Gasteiger partial charge in [0.05, 0.1) is 5.52 Å². The van der Waals surface area contributed by atoms with Crippen LogP contribution < -0.4 is 10.2 Å². The lowest BCUT2D eigenvalue weighted by atomic mass is 9.96. The number of benzene rings is 1. The van der Waals surface area contributed by atoms with Gasteiger partial charge >= 0.3 is 6.03 Å². The Morgan fingerprint density at radius 2 is 1.81 bits per heavy atom. The van der Waals surface area contributed by atoms with Gasteiger partial charge in [-0.2, -0.15) is 0 Å². The summed E-state index contributed by atoms with van der Waals surface area (Å²) < 4.78 is 0. The molecule has 1 aromatic heterocycles. The second-order valence-electron chi connectivity index (χ2n) is 7.58. The molecular formula is C21H28N4O. The standard InChI is InChI=1S/C21H28N4O/c1-16-15-17-7-5-6-10-19(17)23-20(16)24-11-13-25(14-12-24)21(26)22-18-8-3-2-4-9-18/h5-7,10,15,18H,2-4,8-9,11-14H2,1H3,(H,22,26). The summed E-state index contributed by atoms with van der Waals surface area (Å²) >= 11 is 0. The van der Waals surface area contributed by atoms with Gasteiger partial charge in [-0.15, -0.1) is 0 Å². The molecule has 4 rings (SSSR count). The monoisotopic (exact) mass is 352 g/mol. The SMILES string of the molecule is Cc1cc2ccccc2nc1N1CCN(C(=O)NC2CCCCC2)CC1. The zero-order valence-corrected chi connectivity index (χ0v) is 15.6. The topological polar surface area (TPSA) is 48.5 Å². The Morgan fingerprint density at radius 1 is 1.08 bits per heavy atom. The molecule has 2 amide bonds. The minimum atomic E-state index is 0.111. The summed E-state index contributed by atoms with van der Waals surface area (Å²) in [5.41, 5.74) is 2.23. The molecule has 1 saturated carbocycles. The Hall–Kier alpha value is -2.30. The number of urea groups is 1. The molecule has 2 aliphatic rings. The molecule has 2 heterocycles. The predicted molar refractivity (Wildman–Crippen MR) is 106 cm³/mol. The summed E-state index contributed by atoms with van der Waals surface area (Å²) in [4.78, 5) is 21.7. The molecule has 0 spiro atoms.